The number of hydrogen-bond acceptors (Lipinski definition) is 4. The van der Waals surface area contributed by atoms with Crippen LogP contribution in [0.5, 0.6) is 0 Å². The molecule has 1 aromatic heterocycles. The number of rotatable bonds is 2. The molecule has 0 aliphatic rings. The Balaban J connectivity index is 2.80. The zero-order valence-corrected chi connectivity index (χ0v) is 9.24. The third-order valence-corrected chi connectivity index (χ3v) is 3.34. The van der Waals surface area contributed by atoms with Crippen LogP contribution in [-0.4, -0.2) is 20.6 Å². The first-order chi connectivity index (χ1) is 7.39. The van der Waals surface area contributed by atoms with Gasteiger partial charge in [-0.2, -0.15) is 0 Å². The molecule has 6 heteroatoms. The summed E-state index contributed by atoms with van der Waals surface area (Å²) in [6.45, 7) is 0. The highest BCUT2D eigenvalue weighted by Gasteiger charge is 2.16. The molecule has 1 amide bonds. The van der Waals surface area contributed by atoms with E-state index in [0.29, 0.717) is 11.0 Å². The van der Waals surface area contributed by atoms with Gasteiger partial charge in [0.05, 0.1) is 0 Å². The zero-order valence-electron chi connectivity index (χ0n) is 8.43. The first-order valence-electron chi connectivity index (χ1n) is 4.41. The van der Waals surface area contributed by atoms with E-state index in [4.69, 9.17) is 10.2 Å². The Morgan fingerprint density at radius 2 is 2.06 bits per heavy atom. The normalized spacial score (nSPS) is 11.8. The monoisotopic (exact) mass is 239 g/mol. The Bertz CT molecular complexity index is 669. The van der Waals surface area contributed by atoms with Gasteiger partial charge in [-0.05, 0) is 18.2 Å². The van der Waals surface area contributed by atoms with E-state index in [-0.39, 0.29) is 10.5 Å². The molecule has 16 heavy (non-hydrogen) atoms. The SMILES string of the molecule is CS(=O)(=O)c1coc2ccc(C(N)=O)cc12. The molecule has 2 N–H and O–H groups in total. The van der Waals surface area contributed by atoms with Crippen LogP contribution in [-0.2, 0) is 9.84 Å². The second-order valence-electron chi connectivity index (χ2n) is 3.45. The second kappa shape index (κ2) is 3.34. The van der Waals surface area contributed by atoms with Crippen molar-refractivity contribution in [3.05, 3.63) is 30.0 Å². The molecule has 84 valence electrons. The highest BCUT2D eigenvalue weighted by molar-refractivity contribution is 7.91. The van der Waals surface area contributed by atoms with Gasteiger partial charge in [-0.3, -0.25) is 4.79 Å². The molecular formula is C10H9NO4S. The van der Waals surface area contributed by atoms with Crippen molar-refractivity contribution >= 4 is 26.7 Å². The first-order valence-corrected chi connectivity index (χ1v) is 6.30. The summed E-state index contributed by atoms with van der Waals surface area (Å²) >= 11 is 0. The van der Waals surface area contributed by atoms with Crippen molar-refractivity contribution in [2.75, 3.05) is 6.26 Å². The summed E-state index contributed by atoms with van der Waals surface area (Å²) in [4.78, 5) is 11.0. The molecule has 0 saturated carbocycles. The summed E-state index contributed by atoms with van der Waals surface area (Å²) in [7, 11) is -3.37. The van der Waals surface area contributed by atoms with Crippen molar-refractivity contribution in [1.82, 2.24) is 0 Å². The van der Waals surface area contributed by atoms with Gasteiger partial charge in [0, 0.05) is 17.2 Å². The van der Waals surface area contributed by atoms with Crippen molar-refractivity contribution in [2.24, 2.45) is 5.73 Å². The predicted octanol–water partition coefficient (Wildman–Crippen LogP) is 0.935. The van der Waals surface area contributed by atoms with Crippen LogP contribution in [0.2, 0.25) is 0 Å². The molecule has 2 aromatic rings. The van der Waals surface area contributed by atoms with Crippen molar-refractivity contribution in [3.8, 4) is 0 Å². The summed E-state index contributed by atoms with van der Waals surface area (Å²) in [5.74, 6) is -0.609. The number of benzene rings is 1. The number of carbonyl (C=O) groups is 1. The molecule has 5 nitrogen and oxygen atoms in total. The number of sulfone groups is 1. The number of carbonyl (C=O) groups excluding carboxylic acids is 1. The maximum absolute atomic E-state index is 11.4. The van der Waals surface area contributed by atoms with Crippen molar-refractivity contribution in [2.45, 2.75) is 4.90 Å². The smallest absolute Gasteiger partial charge is 0.248 e. The maximum atomic E-state index is 11.4. The number of primary amides is 1. The van der Waals surface area contributed by atoms with Crippen LogP contribution in [0.25, 0.3) is 11.0 Å². The molecule has 1 aromatic carbocycles. The Kier molecular flexibility index (Phi) is 2.23. The van der Waals surface area contributed by atoms with Gasteiger partial charge in [0.2, 0.25) is 5.91 Å². The summed E-state index contributed by atoms with van der Waals surface area (Å²) in [6.07, 6.45) is 2.24. The van der Waals surface area contributed by atoms with Crippen molar-refractivity contribution in [3.63, 3.8) is 0 Å². The van der Waals surface area contributed by atoms with E-state index in [1.807, 2.05) is 0 Å². The molecule has 0 radical (unpaired) electrons. The molecule has 0 bridgehead atoms. The lowest BCUT2D eigenvalue weighted by atomic mass is 10.1. The third-order valence-electron chi connectivity index (χ3n) is 2.22. The van der Waals surface area contributed by atoms with Crippen LogP contribution >= 0.6 is 0 Å². The summed E-state index contributed by atoms with van der Waals surface area (Å²) in [5.41, 5.74) is 5.77. The van der Waals surface area contributed by atoms with E-state index in [1.54, 1.807) is 0 Å². The van der Waals surface area contributed by atoms with E-state index < -0.39 is 15.7 Å². The minimum Gasteiger partial charge on any atom is -0.463 e. The number of furan rings is 1. The molecule has 2 rings (SSSR count). The molecule has 0 aliphatic heterocycles. The number of hydrogen-bond donors (Lipinski definition) is 1. The molecule has 1 heterocycles. The van der Waals surface area contributed by atoms with Gasteiger partial charge in [-0.1, -0.05) is 0 Å². The van der Waals surface area contributed by atoms with Crippen LogP contribution in [0.15, 0.2) is 33.8 Å². The zero-order chi connectivity index (χ0) is 11.9. The quantitative estimate of drug-likeness (QED) is 0.844. The molecular weight excluding hydrogens is 230 g/mol. The topological polar surface area (TPSA) is 90.4 Å². The minimum absolute atomic E-state index is 0.0607. The van der Waals surface area contributed by atoms with Crippen molar-refractivity contribution < 1.29 is 17.6 Å². The van der Waals surface area contributed by atoms with E-state index >= 15 is 0 Å². The molecule has 0 aliphatic carbocycles. The Hall–Kier alpha value is -1.82. The van der Waals surface area contributed by atoms with Gasteiger partial charge >= 0.3 is 0 Å². The fourth-order valence-corrected chi connectivity index (χ4v) is 2.23. The van der Waals surface area contributed by atoms with Gasteiger partial charge in [-0.25, -0.2) is 8.42 Å². The number of fused-ring (bicyclic) bond motifs is 1. The summed E-state index contributed by atoms with van der Waals surface area (Å²) < 4.78 is 27.9. The second-order valence-corrected chi connectivity index (χ2v) is 5.43. The Labute approximate surface area is 91.8 Å². The lowest BCUT2D eigenvalue weighted by Gasteiger charge is -1.96. The van der Waals surface area contributed by atoms with E-state index in [1.165, 1.54) is 18.2 Å². The van der Waals surface area contributed by atoms with E-state index in [0.717, 1.165) is 12.5 Å². The van der Waals surface area contributed by atoms with Gasteiger partial charge < -0.3 is 10.2 Å². The molecule has 0 fully saturated rings. The largest absolute Gasteiger partial charge is 0.463 e. The lowest BCUT2D eigenvalue weighted by Crippen LogP contribution is -2.10. The Morgan fingerprint density at radius 3 is 2.62 bits per heavy atom. The van der Waals surface area contributed by atoms with Crippen LogP contribution in [0, 0.1) is 0 Å². The fraction of sp³-hybridized carbons (Fsp3) is 0.100. The maximum Gasteiger partial charge on any atom is 0.248 e. The molecule has 0 spiro atoms. The van der Waals surface area contributed by atoms with E-state index in [9.17, 15) is 13.2 Å². The van der Waals surface area contributed by atoms with Gasteiger partial charge in [0.1, 0.15) is 16.7 Å². The molecule has 0 saturated heterocycles. The van der Waals surface area contributed by atoms with E-state index in [2.05, 4.69) is 0 Å². The molecule has 0 unspecified atom stereocenters. The van der Waals surface area contributed by atoms with Gasteiger partial charge in [0.25, 0.3) is 0 Å². The fourth-order valence-electron chi connectivity index (χ4n) is 1.45. The number of nitrogens with two attached hydrogens (primary N) is 1. The Morgan fingerprint density at radius 1 is 1.38 bits per heavy atom. The lowest BCUT2D eigenvalue weighted by molar-refractivity contribution is 0.100. The average molecular weight is 239 g/mol. The van der Waals surface area contributed by atoms with Crippen molar-refractivity contribution in [1.29, 1.82) is 0 Å². The van der Waals surface area contributed by atoms with Crippen LogP contribution in [0.3, 0.4) is 0 Å². The third kappa shape index (κ3) is 1.67. The number of amides is 1. The highest BCUT2D eigenvalue weighted by Crippen LogP contribution is 2.26. The van der Waals surface area contributed by atoms with Crippen LogP contribution in [0.4, 0.5) is 0 Å². The standard InChI is InChI=1S/C10H9NO4S/c1-16(13,14)9-5-15-8-3-2-6(10(11)12)4-7(8)9/h2-5H,1H3,(H2,11,12). The predicted molar refractivity (Wildman–Crippen MR) is 57.8 cm³/mol. The van der Waals surface area contributed by atoms with Crippen LogP contribution in [0.1, 0.15) is 10.4 Å². The highest BCUT2D eigenvalue weighted by atomic mass is 32.2. The summed E-state index contributed by atoms with van der Waals surface area (Å²) in [5, 5.41) is 0.374. The average Bonchev–Trinajstić information content (AvgIpc) is 2.58. The molecule has 0 atom stereocenters. The van der Waals surface area contributed by atoms with Crippen LogP contribution < -0.4 is 5.73 Å². The van der Waals surface area contributed by atoms with Gasteiger partial charge in [-0.15, -0.1) is 0 Å². The minimum atomic E-state index is -3.37. The first kappa shape index (κ1) is 10.7. The summed E-state index contributed by atoms with van der Waals surface area (Å²) in [6, 6.07) is 4.42. The van der Waals surface area contributed by atoms with Gasteiger partial charge in [0.15, 0.2) is 9.84 Å².